The van der Waals surface area contributed by atoms with Gasteiger partial charge in [0.25, 0.3) is 5.91 Å². The molecule has 1 amide bonds. The first kappa shape index (κ1) is 19.2. The fourth-order valence-electron chi connectivity index (χ4n) is 2.99. The third-order valence-electron chi connectivity index (χ3n) is 4.38. The van der Waals surface area contributed by atoms with E-state index in [9.17, 15) is 4.79 Å². The van der Waals surface area contributed by atoms with Gasteiger partial charge in [0.2, 0.25) is 0 Å². The number of hydrogen-bond donors (Lipinski definition) is 1. The van der Waals surface area contributed by atoms with Crippen molar-refractivity contribution in [1.29, 1.82) is 0 Å². The summed E-state index contributed by atoms with van der Waals surface area (Å²) in [5.74, 6) is 1.25. The Morgan fingerprint density at radius 2 is 1.72 bits per heavy atom. The van der Waals surface area contributed by atoms with Crippen molar-refractivity contribution < 1.29 is 14.3 Å². The minimum Gasteiger partial charge on any atom is -0.490 e. The first-order valence-electron chi connectivity index (χ1n) is 9.46. The van der Waals surface area contributed by atoms with Crippen molar-refractivity contribution in [3.8, 4) is 11.5 Å². The van der Waals surface area contributed by atoms with E-state index >= 15 is 0 Å². The predicted octanol–water partition coefficient (Wildman–Crippen LogP) is 5.75. The van der Waals surface area contributed by atoms with Gasteiger partial charge in [-0.25, -0.2) is 0 Å². The molecule has 5 heteroatoms. The van der Waals surface area contributed by atoms with Gasteiger partial charge in [-0.05, 0) is 48.4 Å². The number of carbonyl (C=O) groups excluding carboxylic acids is 1. The maximum absolute atomic E-state index is 12.4. The van der Waals surface area contributed by atoms with Crippen molar-refractivity contribution >= 4 is 29.4 Å². The zero-order valence-corrected chi connectivity index (χ0v) is 16.9. The fraction of sp³-hybridized carbons (Fsp3) is 0.125. The molecule has 1 heterocycles. The Labute approximate surface area is 174 Å². The van der Waals surface area contributed by atoms with Gasteiger partial charge in [0.15, 0.2) is 11.5 Å². The van der Waals surface area contributed by atoms with E-state index in [1.807, 2.05) is 85.8 Å². The van der Waals surface area contributed by atoms with Gasteiger partial charge in [0, 0.05) is 4.90 Å². The zero-order chi connectivity index (χ0) is 20.1. The highest BCUT2D eigenvalue weighted by Gasteiger charge is 2.20. The molecule has 0 radical (unpaired) electrons. The summed E-state index contributed by atoms with van der Waals surface area (Å²) in [4.78, 5) is 14.1. The quantitative estimate of drug-likeness (QED) is 0.533. The number of benzene rings is 3. The van der Waals surface area contributed by atoms with Crippen molar-refractivity contribution in [2.75, 3.05) is 11.9 Å². The number of fused-ring (bicyclic) bond motifs is 1. The van der Waals surface area contributed by atoms with Crippen LogP contribution in [-0.4, -0.2) is 12.5 Å². The molecule has 29 heavy (non-hydrogen) atoms. The monoisotopic (exact) mass is 403 g/mol. The number of para-hydroxylation sites is 1. The maximum Gasteiger partial charge on any atom is 0.262 e. The molecule has 0 aliphatic carbocycles. The van der Waals surface area contributed by atoms with Gasteiger partial charge in [-0.15, -0.1) is 0 Å². The molecule has 4 rings (SSSR count). The molecular formula is C24H21NO3S. The second kappa shape index (κ2) is 8.88. The lowest BCUT2D eigenvalue weighted by molar-refractivity contribution is -0.112. The highest BCUT2D eigenvalue weighted by molar-refractivity contribution is 8.04. The minimum atomic E-state index is -0.101. The van der Waals surface area contributed by atoms with Crippen molar-refractivity contribution in [3.63, 3.8) is 0 Å². The summed E-state index contributed by atoms with van der Waals surface area (Å²) >= 11 is 1.47. The molecule has 1 N–H and O–H groups in total. The van der Waals surface area contributed by atoms with Crippen LogP contribution in [0.4, 0.5) is 5.69 Å². The Morgan fingerprint density at radius 1 is 0.931 bits per heavy atom. The molecular weight excluding hydrogens is 382 g/mol. The molecule has 0 saturated heterocycles. The number of hydrogen-bond acceptors (Lipinski definition) is 4. The third-order valence-corrected chi connectivity index (χ3v) is 5.48. The molecule has 3 aromatic rings. The zero-order valence-electron chi connectivity index (χ0n) is 16.1. The first-order valence-corrected chi connectivity index (χ1v) is 10.3. The lowest BCUT2D eigenvalue weighted by atomic mass is 10.1. The second-order valence-corrected chi connectivity index (χ2v) is 7.56. The Bertz CT molecular complexity index is 1050. The third kappa shape index (κ3) is 4.63. The topological polar surface area (TPSA) is 47.6 Å². The number of ether oxygens (including phenoxy) is 2. The summed E-state index contributed by atoms with van der Waals surface area (Å²) in [6.07, 6.45) is 1.87. The SMILES string of the molecule is CCOc1cc(/C=C2\Sc3ccccc3NC2=O)ccc1OCc1ccccc1. The van der Waals surface area contributed by atoms with E-state index in [4.69, 9.17) is 9.47 Å². The lowest BCUT2D eigenvalue weighted by Crippen LogP contribution is -2.17. The van der Waals surface area contributed by atoms with E-state index < -0.39 is 0 Å². The number of thioether (sulfide) groups is 1. The molecule has 0 saturated carbocycles. The van der Waals surface area contributed by atoms with Crippen LogP contribution in [0.5, 0.6) is 11.5 Å². The summed E-state index contributed by atoms with van der Waals surface area (Å²) in [5.41, 5.74) is 2.83. The molecule has 4 nitrogen and oxygen atoms in total. The van der Waals surface area contributed by atoms with Gasteiger partial charge >= 0.3 is 0 Å². The van der Waals surface area contributed by atoms with Crippen molar-refractivity contribution in [2.45, 2.75) is 18.4 Å². The van der Waals surface area contributed by atoms with Crippen LogP contribution < -0.4 is 14.8 Å². The van der Waals surface area contributed by atoms with Gasteiger partial charge in [-0.1, -0.05) is 60.3 Å². The molecule has 0 atom stereocenters. The lowest BCUT2D eigenvalue weighted by Gasteiger charge is -2.18. The van der Waals surface area contributed by atoms with Crippen LogP contribution in [0.15, 0.2) is 82.6 Å². The Hall–Kier alpha value is -3.18. The first-order chi connectivity index (χ1) is 14.2. The van der Waals surface area contributed by atoms with Crippen LogP contribution in [0.3, 0.4) is 0 Å². The molecule has 1 aliphatic rings. The van der Waals surface area contributed by atoms with E-state index in [1.165, 1.54) is 11.8 Å². The van der Waals surface area contributed by atoms with E-state index in [0.29, 0.717) is 29.6 Å². The molecule has 0 unspecified atom stereocenters. The minimum absolute atomic E-state index is 0.101. The number of anilines is 1. The molecule has 0 bridgehead atoms. The number of rotatable bonds is 6. The molecule has 1 aliphatic heterocycles. The highest BCUT2D eigenvalue weighted by atomic mass is 32.2. The summed E-state index contributed by atoms with van der Waals surface area (Å²) in [6, 6.07) is 23.5. The Balaban J connectivity index is 1.56. The van der Waals surface area contributed by atoms with Crippen molar-refractivity contribution in [3.05, 3.63) is 88.8 Å². The molecule has 146 valence electrons. The van der Waals surface area contributed by atoms with Gasteiger partial charge in [0.05, 0.1) is 17.2 Å². The van der Waals surface area contributed by atoms with E-state index in [-0.39, 0.29) is 5.91 Å². The molecule has 0 fully saturated rings. The number of nitrogens with one attached hydrogen (secondary N) is 1. The van der Waals surface area contributed by atoms with Crippen LogP contribution >= 0.6 is 11.8 Å². The van der Waals surface area contributed by atoms with Gasteiger partial charge in [-0.3, -0.25) is 4.79 Å². The summed E-state index contributed by atoms with van der Waals surface area (Å²) < 4.78 is 11.7. The van der Waals surface area contributed by atoms with E-state index in [2.05, 4.69) is 5.32 Å². The average Bonchev–Trinajstić information content (AvgIpc) is 2.75. The molecule has 0 spiro atoms. The van der Waals surface area contributed by atoms with E-state index in [0.717, 1.165) is 21.7 Å². The van der Waals surface area contributed by atoms with Crippen LogP contribution in [-0.2, 0) is 11.4 Å². The summed E-state index contributed by atoms with van der Waals surface area (Å²) in [5, 5.41) is 2.94. The molecule has 3 aromatic carbocycles. The van der Waals surface area contributed by atoms with Crippen LogP contribution in [0.25, 0.3) is 6.08 Å². The second-order valence-electron chi connectivity index (χ2n) is 6.47. The predicted molar refractivity (Wildman–Crippen MR) is 117 cm³/mol. The van der Waals surface area contributed by atoms with Crippen molar-refractivity contribution in [1.82, 2.24) is 0 Å². The van der Waals surface area contributed by atoms with Crippen molar-refractivity contribution in [2.24, 2.45) is 0 Å². The van der Waals surface area contributed by atoms with Gasteiger partial charge < -0.3 is 14.8 Å². The summed E-state index contributed by atoms with van der Waals surface area (Å²) in [6.45, 7) is 2.94. The van der Waals surface area contributed by atoms with Crippen LogP contribution in [0.1, 0.15) is 18.1 Å². The largest absolute Gasteiger partial charge is 0.490 e. The van der Waals surface area contributed by atoms with Gasteiger partial charge in [-0.2, -0.15) is 0 Å². The average molecular weight is 404 g/mol. The summed E-state index contributed by atoms with van der Waals surface area (Å²) in [7, 11) is 0. The van der Waals surface area contributed by atoms with E-state index in [1.54, 1.807) is 0 Å². The normalized spacial score (nSPS) is 14.2. The van der Waals surface area contributed by atoms with Crippen LogP contribution in [0.2, 0.25) is 0 Å². The smallest absolute Gasteiger partial charge is 0.262 e. The standard InChI is InChI=1S/C24H21NO3S/c1-2-27-21-14-18(12-13-20(21)28-16-17-8-4-3-5-9-17)15-23-24(26)25-19-10-6-7-11-22(19)29-23/h3-15H,2,16H2,1H3,(H,25,26)/b23-15-. The molecule has 0 aromatic heterocycles. The fourth-order valence-corrected chi connectivity index (χ4v) is 3.94. The highest BCUT2D eigenvalue weighted by Crippen LogP contribution is 2.39. The van der Waals surface area contributed by atoms with Gasteiger partial charge in [0.1, 0.15) is 6.61 Å². The maximum atomic E-state index is 12.4. The Morgan fingerprint density at radius 3 is 2.55 bits per heavy atom. The van der Waals surface area contributed by atoms with Crippen LogP contribution in [0, 0.1) is 0 Å². The Kier molecular flexibility index (Phi) is 5.86. The number of amides is 1. The number of carbonyl (C=O) groups is 1.